The Morgan fingerprint density at radius 3 is 0.800 bits per heavy atom. The van der Waals surface area contributed by atoms with E-state index >= 15 is 0 Å². The van der Waals surface area contributed by atoms with Crippen molar-refractivity contribution in [2.45, 2.75) is 341 Å². The zero-order chi connectivity index (χ0) is 80.3. The van der Waals surface area contributed by atoms with Crippen LogP contribution in [0.1, 0.15) is 323 Å². The number of unbranched alkanes of at least 4 members (excludes halogenated alkanes) is 24. The number of rotatable bonds is 78. The molecule has 626 valence electrons. The first-order chi connectivity index (χ1) is 53.7. The Hall–Kier alpha value is -5.58. The van der Waals surface area contributed by atoms with Crippen molar-refractivity contribution in [3.63, 3.8) is 0 Å². The fraction of sp³-hybridized carbons (Fsp3) is 0.648. The lowest BCUT2D eigenvalue weighted by Gasteiger charge is -2.21. The van der Waals surface area contributed by atoms with Crippen LogP contribution in [0.2, 0.25) is 0 Å². The number of hydrogen-bond acceptors (Lipinski definition) is 15. The van der Waals surface area contributed by atoms with Gasteiger partial charge in [-0.2, -0.15) is 0 Å². The maximum absolute atomic E-state index is 13.1. The van der Waals surface area contributed by atoms with E-state index < -0.39 is 97.5 Å². The molecule has 17 nitrogen and oxygen atoms in total. The van der Waals surface area contributed by atoms with Gasteiger partial charge in [0.1, 0.15) is 19.3 Å². The van der Waals surface area contributed by atoms with Gasteiger partial charge in [-0.25, -0.2) is 9.13 Å². The quantitative estimate of drug-likeness (QED) is 0.0169. The van der Waals surface area contributed by atoms with Crippen LogP contribution in [0.4, 0.5) is 0 Å². The normalized spacial score (nSPS) is 14.6. The first kappa shape index (κ1) is 104. The summed E-state index contributed by atoms with van der Waals surface area (Å²) >= 11 is 0. The van der Waals surface area contributed by atoms with Crippen LogP contribution in [0.25, 0.3) is 0 Å². The second kappa shape index (κ2) is 81.4. The number of aliphatic hydroxyl groups excluding tert-OH is 1. The summed E-state index contributed by atoms with van der Waals surface area (Å²) in [5.41, 5.74) is 0. The van der Waals surface area contributed by atoms with Crippen LogP contribution in [0.5, 0.6) is 0 Å². The first-order valence-corrected chi connectivity index (χ1v) is 45.4. The molecule has 0 aliphatic rings. The Morgan fingerprint density at radius 2 is 0.482 bits per heavy atom. The fourth-order valence-electron chi connectivity index (χ4n) is 10.8. The van der Waals surface area contributed by atoms with Crippen LogP contribution in [0.3, 0.4) is 0 Å². The molecule has 19 heteroatoms. The van der Waals surface area contributed by atoms with Gasteiger partial charge in [-0.3, -0.25) is 37.3 Å². The molecule has 0 aromatic heterocycles. The van der Waals surface area contributed by atoms with Crippen LogP contribution < -0.4 is 0 Å². The maximum Gasteiger partial charge on any atom is 0.472 e. The van der Waals surface area contributed by atoms with Crippen molar-refractivity contribution in [1.82, 2.24) is 0 Å². The van der Waals surface area contributed by atoms with Gasteiger partial charge in [0, 0.05) is 25.7 Å². The SMILES string of the molecule is CC/C=C\C/C=C\C/C=C\C/C=C\C/C=C\CCCCCC(=O)OCC(COP(=O)(O)OCC(O)COP(=O)(O)OCC(COC(=O)CCC/C=C\C/C=C\C/C=C\C/C=C\C/C=C\CC)OC(=O)CCCCCCC/C=C\CCCCCCCC)OC(=O)CCCCCCCC/C=C\C/C=C\C/C=C\CCCCC. The van der Waals surface area contributed by atoms with Crippen LogP contribution >= 0.6 is 15.6 Å². The number of aliphatic hydroxyl groups is 1. The van der Waals surface area contributed by atoms with Gasteiger partial charge in [0.2, 0.25) is 0 Å². The highest BCUT2D eigenvalue weighted by atomic mass is 31.2. The lowest BCUT2D eigenvalue weighted by atomic mass is 10.1. The number of ether oxygens (including phenoxy) is 4. The molecule has 0 bridgehead atoms. The number of hydrogen-bond donors (Lipinski definition) is 3. The molecule has 0 aromatic carbocycles. The number of phosphoric acid groups is 2. The summed E-state index contributed by atoms with van der Waals surface area (Å²) < 4.78 is 68.7. The van der Waals surface area contributed by atoms with E-state index in [2.05, 4.69) is 186 Å². The summed E-state index contributed by atoms with van der Waals surface area (Å²) in [7, 11) is -10.0. The Morgan fingerprint density at radius 1 is 0.264 bits per heavy atom. The predicted octanol–water partition coefficient (Wildman–Crippen LogP) is 25.3. The van der Waals surface area contributed by atoms with E-state index in [9.17, 15) is 43.2 Å². The van der Waals surface area contributed by atoms with Gasteiger partial charge >= 0.3 is 39.5 Å². The monoisotopic (exact) mass is 1580 g/mol. The van der Waals surface area contributed by atoms with Gasteiger partial charge in [-0.1, -0.05) is 294 Å². The Labute approximate surface area is 667 Å². The standard InChI is InChI=1S/C91H150O17P2/c1-5-9-13-17-21-25-29-33-37-40-42-45-49-52-56-60-64-68-72-76-89(94)102-82-87(108-91(96)78-74-70-66-62-58-54-50-46-43-41-38-34-30-26-22-18-14-10-6-2)84-106-110(99,100)104-80-85(92)79-103-109(97,98)105-83-86(107-90(95)77-73-69-65-61-57-53-47-36-32-28-24-20-16-12-8-4)81-101-88(93)75-71-67-63-59-55-51-48-44-39-35-31-27-23-19-15-11-7-3/h9,11,13,15,21-23,25-27,33-39,42-43,45-48,51-52,56,59,63,85-87,92H,5-8,10,12,14,16-20,24,28-32,40-41,44,49-50,53-55,57-58,60-62,64-84H2,1-4H3,(H,97,98)(H,99,100)/b13-9-,15-11-,25-21-,26-22-,27-23-,37-33-,38-34-,39-35-,45-42-,46-43-,47-36-,51-48-,56-52-,63-59-. The van der Waals surface area contributed by atoms with E-state index in [1.165, 1.54) is 57.8 Å². The molecule has 0 saturated heterocycles. The van der Waals surface area contributed by atoms with E-state index in [0.717, 1.165) is 180 Å². The van der Waals surface area contributed by atoms with Crippen molar-refractivity contribution in [2.24, 2.45) is 0 Å². The van der Waals surface area contributed by atoms with Crippen LogP contribution in [-0.4, -0.2) is 96.7 Å². The number of carbonyl (C=O) groups excluding carboxylic acids is 4. The Balaban J connectivity index is 5.49. The minimum atomic E-state index is -5.01. The summed E-state index contributed by atoms with van der Waals surface area (Å²) in [5, 5.41) is 10.7. The number of carbonyl (C=O) groups is 4. The Kier molecular flexibility index (Phi) is 77.3. The maximum atomic E-state index is 13.1. The molecule has 110 heavy (non-hydrogen) atoms. The lowest BCUT2D eigenvalue weighted by Crippen LogP contribution is -2.30. The number of phosphoric ester groups is 2. The molecule has 0 aliphatic carbocycles. The Bertz CT molecular complexity index is 2750. The second-order valence-electron chi connectivity index (χ2n) is 27.6. The zero-order valence-electron chi connectivity index (χ0n) is 68.6. The van der Waals surface area contributed by atoms with Gasteiger partial charge in [-0.05, 0) is 173 Å². The van der Waals surface area contributed by atoms with Crippen molar-refractivity contribution < 1.29 is 80.2 Å². The first-order valence-electron chi connectivity index (χ1n) is 42.4. The third kappa shape index (κ3) is 80.5. The molecular weight excluding hydrogens is 1430 g/mol. The highest BCUT2D eigenvalue weighted by molar-refractivity contribution is 7.47. The predicted molar refractivity (Wildman–Crippen MR) is 454 cm³/mol. The average molecular weight is 1580 g/mol. The van der Waals surface area contributed by atoms with E-state index in [-0.39, 0.29) is 25.7 Å². The summed E-state index contributed by atoms with van der Waals surface area (Å²) in [6.07, 6.45) is 97.5. The third-order valence-electron chi connectivity index (χ3n) is 17.1. The molecule has 0 fully saturated rings. The molecule has 5 atom stereocenters. The molecular formula is C91H150O17P2. The molecule has 5 unspecified atom stereocenters. The highest BCUT2D eigenvalue weighted by Crippen LogP contribution is 2.45. The van der Waals surface area contributed by atoms with Gasteiger partial charge in [0.25, 0.3) is 0 Å². The van der Waals surface area contributed by atoms with Gasteiger partial charge in [0.15, 0.2) is 12.2 Å². The van der Waals surface area contributed by atoms with Crippen molar-refractivity contribution in [2.75, 3.05) is 39.6 Å². The van der Waals surface area contributed by atoms with Gasteiger partial charge < -0.3 is 33.8 Å². The molecule has 0 aromatic rings. The van der Waals surface area contributed by atoms with Crippen molar-refractivity contribution in [3.05, 3.63) is 170 Å². The van der Waals surface area contributed by atoms with Crippen molar-refractivity contribution in [1.29, 1.82) is 0 Å². The zero-order valence-corrected chi connectivity index (χ0v) is 70.4. The minimum absolute atomic E-state index is 0.0655. The van der Waals surface area contributed by atoms with Crippen LogP contribution in [-0.2, 0) is 65.4 Å². The molecule has 0 amide bonds. The highest BCUT2D eigenvalue weighted by Gasteiger charge is 2.30. The van der Waals surface area contributed by atoms with Crippen LogP contribution in [0.15, 0.2) is 170 Å². The van der Waals surface area contributed by atoms with Crippen LogP contribution in [0, 0.1) is 0 Å². The number of esters is 4. The fourth-order valence-corrected chi connectivity index (χ4v) is 12.3. The van der Waals surface area contributed by atoms with E-state index in [0.29, 0.717) is 32.1 Å². The number of allylic oxidation sites excluding steroid dienone is 28. The largest absolute Gasteiger partial charge is 0.472 e. The van der Waals surface area contributed by atoms with E-state index in [1.807, 2.05) is 12.2 Å². The molecule has 0 heterocycles. The molecule has 3 N–H and O–H groups in total. The minimum Gasteiger partial charge on any atom is -0.462 e. The molecule has 0 aliphatic heterocycles. The second-order valence-corrected chi connectivity index (χ2v) is 30.6. The molecule has 0 radical (unpaired) electrons. The van der Waals surface area contributed by atoms with E-state index in [4.69, 9.17) is 37.0 Å². The lowest BCUT2D eigenvalue weighted by molar-refractivity contribution is -0.161. The summed E-state index contributed by atoms with van der Waals surface area (Å²) in [5.74, 6) is -2.31. The summed E-state index contributed by atoms with van der Waals surface area (Å²) in [4.78, 5) is 73.2. The molecule has 0 spiro atoms. The molecule has 0 saturated carbocycles. The van der Waals surface area contributed by atoms with Crippen molar-refractivity contribution >= 4 is 39.5 Å². The van der Waals surface area contributed by atoms with Gasteiger partial charge in [-0.15, -0.1) is 0 Å². The summed E-state index contributed by atoms with van der Waals surface area (Å²) in [6, 6.07) is 0. The molecule has 0 rings (SSSR count). The topological polar surface area (TPSA) is 237 Å². The third-order valence-corrected chi connectivity index (χ3v) is 19.0. The smallest absolute Gasteiger partial charge is 0.462 e. The van der Waals surface area contributed by atoms with Crippen molar-refractivity contribution in [3.8, 4) is 0 Å². The van der Waals surface area contributed by atoms with E-state index in [1.54, 1.807) is 0 Å². The summed E-state index contributed by atoms with van der Waals surface area (Å²) in [6.45, 7) is 4.50. The average Bonchev–Trinajstić information content (AvgIpc) is 0.900. The van der Waals surface area contributed by atoms with Gasteiger partial charge in [0.05, 0.1) is 26.4 Å².